The molecule has 0 unspecified atom stereocenters. The molecule has 10 aromatic heterocycles. The number of hydrogen-bond acceptors (Lipinski definition) is 22. The lowest BCUT2D eigenvalue weighted by atomic mass is 10.2. The first-order chi connectivity index (χ1) is 29.7. The van der Waals surface area contributed by atoms with Crippen LogP contribution in [-0.4, -0.2) is 111 Å². The molecule has 62 heavy (non-hydrogen) atoms. The number of hydrogen-bond donors (Lipinski definition) is 15. The van der Waals surface area contributed by atoms with Crippen molar-refractivity contribution >= 4 is 79.8 Å². The number of carboxylic acids is 1. The highest BCUT2D eigenvalue weighted by molar-refractivity contribution is 5.82. The van der Waals surface area contributed by atoms with Crippen molar-refractivity contribution in [1.29, 1.82) is 0 Å². The number of aromatic amines is 9. The number of H-pyrrole nitrogens is 9. The van der Waals surface area contributed by atoms with E-state index < -0.39 is 28.6 Å². The van der Waals surface area contributed by atoms with Crippen molar-refractivity contribution < 1.29 is 9.90 Å². The molecule has 0 radical (unpaired) electrons. The molecule has 0 bridgehead atoms. The molecule has 0 aliphatic heterocycles. The molecule has 0 saturated heterocycles. The fourth-order valence-corrected chi connectivity index (χ4v) is 4.44. The topological polar surface area (TPSA) is 537 Å². The summed E-state index contributed by atoms with van der Waals surface area (Å²) in [5, 5.41) is 8.39. The van der Waals surface area contributed by atoms with E-state index in [2.05, 4.69) is 99.7 Å². The van der Waals surface area contributed by atoms with Crippen LogP contribution in [0, 0.1) is 0 Å². The maximum Gasteiger partial charge on any atom is 0.346 e. The SMILES string of the molecule is Nc1cc[nH]c(=O)n1.Nc1nc(=O)[nH]cc1CC(=O)O.Nc1nc(N)c2nc[nH]c2n1.Nc1ncnc2nc[nH]c12.O=c1[nH]c(=O)c2[nH]cnc2[nH]1.O=c1nc[nH]c2nc[nH]c12. The summed E-state index contributed by atoms with van der Waals surface area (Å²) in [5.41, 5.74) is 28.7. The van der Waals surface area contributed by atoms with E-state index in [4.69, 9.17) is 33.8 Å². The van der Waals surface area contributed by atoms with Crippen LogP contribution < -0.4 is 56.9 Å². The minimum absolute atomic E-state index is 0.0406. The normalized spacial score (nSPS) is 10.1. The van der Waals surface area contributed by atoms with Crippen molar-refractivity contribution in [1.82, 2.24) is 99.7 Å². The van der Waals surface area contributed by atoms with Gasteiger partial charge < -0.3 is 68.7 Å². The third-order valence-corrected chi connectivity index (χ3v) is 7.09. The lowest BCUT2D eigenvalue weighted by molar-refractivity contribution is -0.136. The van der Waals surface area contributed by atoms with Gasteiger partial charge in [-0.1, -0.05) is 0 Å². The lowest BCUT2D eigenvalue weighted by Gasteiger charge is -1.98. The van der Waals surface area contributed by atoms with Gasteiger partial charge in [-0.05, 0) is 6.07 Å². The highest BCUT2D eigenvalue weighted by Crippen LogP contribution is 2.13. The van der Waals surface area contributed by atoms with Gasteiger partial charge in [-0.15, -0.1) is 0 Å². The molecule has 32 nitrogen and oxygen atoms in total. The number of rotatable bonds is 2. The molecule has 10 rings (SSSR count). The molecule has 0 aliphatic carbocycles. The second-order valence-corrected chi connectivity index (χ2v) is 11.3. The van der Waals surface area contributed by atoms with Gasteiger partial charge in [0.25, 0.3) is 11.1 Å². The van der Waals surface area contributed by atoms with Crippen LogP contribution in [0.25, 0.3) is 44.7 Å². The minimum atomic E-state index is -1.02. The molecule has 0 atom stereocenters. The maximum absolute atomic E-state index is 10.9. The number of carbonyl (C=O) groups is 1. The third kappa shape index (κ3) is 11.7. The standard InChI is InChI=1S/C6H7N3O3.C5H6N6.C5H5N5.C5H4N4O2.C5H4N4O.C4H5N3O/c7-5-3(1-4(10)11)2-8-6(12)9-5;6-3-2-4(9-1-8-2)11-5(7)10-3;6-4-3-5(9-1-7-3)10-2-8-4;10-4-2-3(7-1-6-2)8-5(11)9-4;10-5-3-4(7-1-6-3)8-2-9-5;5-3-1-2-6-4(8)7-3/h2H,1H2,(H,10,11)(H3,7,8,9,12);1H,(H5,6,7,8,9,10,11);1-2H,(H3,6,7,8,9,10);1H,(H3,6,7,8,9,10,11);1-2H,(H2,6,7,8,9,10);1-2H,(H3,5,6,7,8). The van der Waals surface area contributed by atoms with Crippen molar-refractivity contribution in [3.05, 3.63) is 114 Å². The highest BCUT2D eigenvalue weighted by atomic mass is 16.4. The van der Waals surface area contributed by atoms with E-state index in [9.17, 15) is 28.8 Å². The second kappa shape index (κ2) is 19.8. The van der Waals surface area contributed by atoms with Gasteiger partial charge in [0.05, 0.1) is 38.1 Å². The molecule has 0 aliphatic rings. The summed E-state index contributed by atoms with van der Waals surface area (Å²) in [5.74, 6) is 0.0703. The largest absolute Gasteiger partial charge is 0.481 e. The van der Waals surface area contributed by atoms with Crippen molar-refractivity contribution in [2.45, 2.75) is 6.42 Å². The van der Waals surface area contributed by atoms with Crippen LogP contribution in [0.15, 0.2) is 80.4 Å². The molecule has 0 fully saturated rings. The summed E-state index contributed by atoms with van der Waals surface area (Å²) in [6, 6.07) is 1.52. The summed E-state index contributed by atoms with van der Waals surface area (Å²) in [6.07, 6.45) is 11.0. The minimum Gasteiger partial charge on any atom is -0.481 e. The number of nitrogen functional groups attached to an aromatic ring is 5. The predicted octanol–water partition coefficient (Wildman–Crippen LogP) is -3.63. The number of aliphatic carboxylic acids is 1. The molecule has 0 amide bonds. The van der Waals surface area contributed by atoms with Crippen molar-refractivity contribution in [3.63, 3.8) is 0 Å². The number of imidazole rings is 4. The van der Waals surface area contributed by atoms with E-state index in [0.717, 1.165) is 0 Å². The quantitative estimate of drug-likeness (QED) is 0.0797. The van der Waals surface area contributed by atoms with E-state index in [0.29, 0.717) is 50.7 Å². The number of nitrogens with zero attached hydrogens (tertiary/aromatic N) is 11. The molecular weight excluding hydrogens is 822 g/mol. The molecule has 10 heterocycles. The van der Waals surface area contributed by atoms with Crippen molar-refractivity contribution in [2.75, 3.05) is 28.7 Å². The van der Waals surface area contributed by atoms with Gasteiger partial charge >= 0.3 is 23.0 Å². The van der Waals surface area contributed by atoms with Gasteiger partial charge in [-0.3, -0.25) is 24.4 Å². The number of fused-ring (bicyclic) bond motifs is 4. The van der Waals surface area contributed by atoms with Crippen LogP contribution in [-0.2, 0) is 11.2 Å². The van der Waals surface area contributed by atoms with Gasteiger partial charge in [0.15, 0.2) is 39.7 Å². The van der Waals surface area contributed by atoms with Crippen LogP contribution in [0.4, 0.5) is 29.2 Å². The van der Waals surface area contributed by atoms with Crippen LogP contribution >= 0.6 is 0 Å². The summed E-state index contributed by atoms with van der Waals surface area (Å²) in [6.45, 7) is 0. The number of nitrogens with one attached hydrogen (secondary N) is 9. The summed E-state index contributed by atoms with van der Waals surface area (Å²) >= 11 is 0. The predicted molar refractivity (Wildman–Crippen MR) is 218 cm³/mol. The Kier molecular flexibility index (Phi) is 13.7. The Balaban J connectivity index is 0.000000141. The smallest absolute Gasteiger partial charge is 0.346 e. The number of nitrogens with two attached hydrogens (primary N) is 5. The zero-order valence-corrected chi connectivity index (χ0v) is 31.1. The number of carboxylic acid groups (broad SMARTS) is 1. The Hall–Kier alpha value is -10.2. The van der Waals surface area contributed by atoms with Crippen molar-refractivity contribution in [3.8, 4) is 0 Å². The van der Waals surface area contributed by atoms with Gasteiger partial charge in [-0.25, -0.2) is 44.3 Å². The molecule has 0 spiro atoms. The zero-order chi connectivity index (χ0) is 44.8. The van der Waals surface area contributed by atoms with Crippen LogP contribution in [0.3, 0.4) is 0 Å². The Bertz CT molecular complexity index is 3370. The van der Waals surface area contributed by atoms with E-state index >= 15 is 0 Å². The van der Waals surface area contributed by atoms with E-state index in [-0.39, 0.29) is 40.7 Å². The summed E-state index contributed by atoms with van der Waals surface area (Å²) < 4.78 is 0. The molecule has 0 saturated carbocycles. The van der Waals surface area contributed by atoms with E-state index in [1.165, 1.54) is 56.4 Å². The fourth-order valence-electron chi connectivity index (χ4n) is 4.44. The first-order valence-corrected chi connectivity index (χ1v) is 16.7. The van der Waals surface area contributed by atoms with Gasteiger partial charge in [0.1, 0.15) is 34.5 Å². The van der Waals surface area contributed by atoms with Gasteiger partial charge in [0, 0.05) is 18.0 Å². The fraction of sp³-hybridized carbons (Fsp3) is 0.0333. The number of aromatic nitrogens is 20. The van der Waals surface area contributed by atoms with E-state index in [1.807, 2.05) is 0 Å². The summed E-state index contributed by atoms with van der Waals surface area (Å²) in [4.78, 5) is 127. The number of anilines is 5. The van der Waals surface area contributed by atoms with Crippen LogP contribution in [0.1, 0.15) is 5.56 Å². The zero-order valence-electron chi connectivity index (χ0n) is 31.1. The third-order valence-electron chi connectivity index (χ3n) is 7.09. The van der Waals surface area contributed by atoms with Crippen LogP contribution in [0.5, 0.6) is 0 Å². The van der Waals surface area contributed by atoms with Gasteiger partial charge in [0.2, 0.25) is 5.95 Å². The van der Waals surface area contributed by atoms with Gasteiger partial charge in [-0.2, -0.15) is 24.9 Å². The maximum atomic E-state index is 10.9. The monoisotopic (exact) mass is 853 g/mol. The Labute approximate surface area is 338 Å². The first kappa shape index (κ1) is 43.0. The first-order valence-electron chi connectivity index (χ1n) is 16.7. The van der Waals surface area contributed by atoms with Crippen LogP contribution in [0.2, 0.25) is 0 Å². The second-order valence-electron chi connectivity index (χ2n) is 11.3. The molecule has 318 valence electrons. The lowest BCUT2D eigenvalue weighted by Crippen LogP contribution is -2.21. The molecule has 32 heteroatoms. The average molecular weight is 854 g/mol. The Morgan fingerprint density at radius 3 is 1.92 bits per heavy atom. The molecule has 0 aromatic carbocycles. The molecular formula is C30H31N25O7. The Morgan fingerprint density at radius 1 is 0.581 bits per heavy atom. The Morgan fingerprint density at radius 2 is 1.24 bits per heavy atom. The summed E-state index contributed by atoms with van der Waals surface area (Å²) in [7, 11) is 0. The van der Waals surface area contributed by atoms with Crippen molar-refractivity contribution in [2.24, 2.45) is 0 Å². The average Bonchev–Trinajstić information content (AvgIpc) is 4.05. The molecule has 10 aromatic rings. The van der Waals surface area contributed by atoms with E-state index in [1.54, 1.807) is 0 Å². The highest BCUT2D eigenvalue weighted by Gasteiger charge is 2.06. The molecule has 20 N–H and O–H groups in total.